The van der Waals surface area contributed by atoms with Crippen molar-refractivity contribution in [2.75, 3.05) is 12.4 Å². The number of carbonyl (C=O) groups excluding carboxylic acids is 1. The maximum Gasteiger partial charge on any atom is 0.241 e. The van der Waals surface area contributed by atoms with Gasteiger partial charge >= 0.3 is 0 Å². The second-order valence-electron chi connectivity index (χ2n) is 6.42. The van der Waals surface area contributed by atoms with E-state index in [-0.39, 0.29) is 18.2 Å². The molecule has 2 aromatic carbocycles. The maximum atomic E-state index is 12.7. The third-order valence-electron chi connectivity index (χ3n) is 4.38. The molecule has 0 unspecified atom stereocenters. The SMILES string of the molecule is COc1cccc(CC(=O)Nc2onc(-c3cccc(Br)c3)c2-c2ccncn2)c1. The van der Waals surface area contributed by atoms with E-state index in [1.54, 1.807) is 19.4 Å². The summed E-state index contributed by atoms with van der Waals surface area (Å²) in [5, 5.41) is 7.02. The van der Waals surface area contributed by atoms with E-state index >= 15 is 0 Å². The Labute approximate surface area is 181 Å². The topological polar surface area (TPSA) is 90.1 Å². The molecule has 0 radical (unpaired) electrons. The number of methoxy groups -OCH3 is 1. The molecule has 7 nitrogen and oxygen atoms in total. The molecule has 1 amide bonds. The minimum absolute atomic E-state index is 0.160. The smallest absolute Gasteiger partial charge is 0.241 e. The zero-order valence-electron chi connectivity index (χ0n) is 16.0. The predicted molar refractivity (Wildman–Crippen MR) is 116 cm³/mol. The van der Waals surface area contributed by atoms with Crippen LogP contribution in [0.15, 0.2) is 76.1 Å². The van der Waals surface area contributed by atoms with Crippen molar-refractivity contribution in [2.24, 2.45) is 0 Å². The second kappa shape index (κ2) is 8.87. The maximum absolute atomic E-state index is 12.7. The Morgan fingerprint density at radius 3 is 2.80 bits per heavy atom. The third-order valence-corrected chi connectivity index (χ3v) is 4.87. The first kappa shape index (κ1) is 19.8. The Morgan fingerprint density at radius 1 is 1.17 bits per heavy atom. The number of hydrogen-bond acceptors (Lipinski definition) is 6. The highest BCUT2D eigenvalue weighted by molar-refractivity contribution is 9.10. The lowest BCUT2D eigenvalue weighted by atomic mass is 10.0. The molecule has 1 N–H and O–H groups in total. The van der Waals surface area contributed by atoms with E-state index < -0.39 is 0 Å². The van der Waals surface area contributed by atoms with Crippen LogP contribution >= 0.6 is 15.9 Å². The monoisotopic (exact) mass is 464 g/mol. The van der Waals surface area contributed by atoms with Crippen molar-refractivity contribution in [3.05, 3.63) is 77.2 Å². The van der Waals surface area contributed by atoms with Gasteiger partial charge in [-0.15, -0.1) is 0 Å². The zero-order valence-corrected chi connectivity index (χ0v) is 17.6. The van der Waals surface area contributed by atoms with E-state index in [9.17, 15) is 4.79 Å². The minimum atomic E-state index is -0.240. The van der Waals surface area contributed by atoms with Gasteiger partial charge in [0.15, 0.2) is 0 Å². The average Bonchev–Trinajstić information content (AvgIpc) is 3.17. The molecule has 2 heterocycles. The third kappa shape index (κ3) is 4.38. The van der Waals surface area contributed by atoms with Gasteiger partial charge in [0.05, 0.1) is 24.8 Å². The first-order valence-electron chi connectivity index (χ1n) is 9.09. The Hall–Kier alpha value is -3.52. The highest BCUT2D eigenvalue weighted by Crippen LogP contribution is 2.37. The van der Waals surface area contributed by atoms with Crippen molar-refractivity contribution < 1.29 is 14.1 Å². The number of rotatable bonds is 6. The molecule has 2 aromatic heterocycles. The summed E-state index contributed by atoms with van der Waals surface area (Å²) in [7, 11) is 1.59. The van der Waals surface area contributed by atoms with Crippen LogP contribution in [0.4, 0.5) is 5.88 Å². The van der Waals surface area contributed by atoms with Gasteiger partial charge in [0.2, 0.25) is 11.8 Å². The summed E-state index contributed by atoms with van der Waals surface area (Å²) in [6, 6.07) is 16.7. The van der Waals surface area contributed by atoms with Crippen molar-refractivity contribution in [3.8, 4) is 28.3 Å². The summed E-state index contributed by atoms with van der Waals surface area (Å²) in [6.07, 6.45) is 3.23. The Kier molecular flexibility index (Phi) is 5.85. The number of hydrogen-bond donors (Lipinski definition) is 1. The van der Waals surface area contributed by atoms with E-state index in [2.05, 4.69) is 36.4 Å². The summed E-state index contributed by atoms with van der Waals surface area (Å²) in [5.74, 6) is 0.686. The largest absolute Gasteiger partial charge is 0.497 e. The number of nitrogens with zero attached hydrogens (tertiary/aromatic N) is 3. The first-order valence-corrected chi connectivity index (χ1v) is 9.88. The molecule has 0 spiro atoms. The Morgan fingerprint density at radius 2 is 2.03 bits per heavy atom. The quantitative estimate of drug-likeness (QED) is 0.442. The van der Waals surface area contributed by atoms with Gasteiger partial charge in [-0.05, 0) is 35.9 Å². The van der Waals surface area contributed by atoms with Gasteiger partial charge in [-0.3, -0.25) is 10.1 Å². The van der Waals surface area contributed by atoms with Crippen LogP contribution in [0.25, 0.3) is 22.5 Å². The average molecular weight is 465 g/mol. The standard InChI is InChI=1S/C22H17BrN4O3/c1-29-17-7-2-4-14(10-17)11-19(28)26-22-20(18-8-9-24-13-25-18)21(27-30-22)15-5-3-6-16(23)12-15/h2-10,12-13H,11H2,1H3,(H,26,28). The van der Waals surface area contributed by atoms with Crippen LogP contribution in [0.3, 0.4) is 0 Å². The van der Waals surface area contributed by atoms with Gasteiger partial charge in [-0.1, -0.05) is 45.4 Å². The van der Waals surface area contributed by atoms with Gasteiger partial charge in [-0.2, -0.15) is 0 Å². The summed E-state index contributed by atoms with van der Waals surface area (Å²) in [6.45, 7) is 0. The number of amides is 1. The Balaban J connectivity index is 1.67. The van der Waals surface area contributed by atoms with Crippen molar-refractivity contribution in [2.45, 2.75) is 6.42 Å². The van der Waals surface area contributed by atoms with E-state index in [0.29, 0.717) is 22.7 Å². The molecule has 0 bridgehead atoms. The molecule has 30 heavy (non-hydrogen) atoms. The molecule has 0 saturated heterocycles. The van der Waals surface area contributed by atoms with E-state index in [1.165, 1.54) is 6.33 Å². The van der Waals surface area contributed by atoms with Crippen molar-refractivity contribution in [1.82, 2.24) is 15.1 Å². The van der Waals surface area contributed by atoms with Gasteiger partial charge < -0.3 is 9.26 Å². The molecule has 0 saturated carbocycles. The molecule has 0 atom stereocenters. The summed E-state index contributed by atoms with van der Waals surface area (Å²) in [4.78, 5) is 21.0. The zero-order chi connectivity index (χ0) is 20.9. The van der Waals surface area contributed by atoms with Crippen molar-refractivity contribution >= 4 is 27.7 Å². The van der Waals surface area contributed by atoms with Crippen molar-refractivity contribution in [3.63, 3.8) is 0 Å². The van der Waals surface area contributed by atoms with E-state index in [0.717, 1.165) is 15.6 Å². The summed E-state index contributed by atoms with van der Waals surface area (Å²) < 4.78 is 11.6. The number of ether oxygens (including phenoxy) is 1. The molecule has 0 aliphatic carbocycles. The van der Waals surface area contributed by atoms with Crippen LogP contribution in [-0.2, 0) is 11.2 Å². The van der Waals surface area contributed by atoms with Crippen LogP contribution in [0.2, 0.25) is 0 Å². The molecular formula is C22H17BrN4O3. The van der Waals surface area contributed by atoms with Gasteiger partial charge in [-0.25, -0.2) is 9.97 Å². The lowest BCUT2D eigenvalue weighted by molar-refractivity contribution is -0.115. The molecule has 4 rings (SSSR count). The van der Waals surface area contributed by atoms with E-state index in [1.807, 2.05) is 48.5 Å². The van der Waals surface area contributed by atoms with Crippen LogP contribution in [0, 0.1) is 0 Å². The number of carbonyl (C=O) groups is 1. The number of anilines is 1. The number of benzene rings is 2. The number of aromatic nitrogens is 3. The lowest BCUT2D eigenvalue weighted by Crippen LogP contribution is -2.14. The normalized spacial score (nSPS) is 10.6. The number of nitrogens with one attached hydrogen (secondary N) is 1. The summed E-state index contributed by atoms with van der Waals surface area (Å²) >= 11 is 3.47. The van der Waals surface area contributed by atoms with Crippen LogP contribution in [-0.4, -0.2) is 28.1 Å². The molecule has 0 aliphatic heterocycles. The highest BCUT2D eigenvalue weighted by Gasteiger charge is 2.22. The fourth-order valence-corrected chi connectivity index (χ4v) is 3.42. The van der Waals surface area contributed by atoms with Crippen LogP contribution in [0.1, 0.15) is 5.56 Å². The molecule has 4 aromatic rings. The minimum Gasteiger partial charge on any atom is -0.497 e. The summed E-state index contributed by atoms with van der Waals surface area (Å²) in [5.41, 5.74) is 3.41. The fraction of sp³-hybridized carbons (Fsp3) is 0.0909. The molecule has 8 heteroatoms. The Bertz CT molecular complexity index is 1180. The number of halogens is 1. The lowest BCUT2D eigenvalue weighted by Gasteiger charge is -2.07. The van der Waals surface area contributed by atoms with Crippen molar-refractivity contribution in [1.29, 1.82) is 0 Å². The second-order valence-corrected chi connectivity index (χ2v) is 7.33. The fourth-order valence-electron chi connectivity index (χ4n) is 3.02. The highest BCUT2D eigenvalue weighted by atomic mass is 79.9. The van der Waals surface area contributed by atoms with Crippen LogP contribution < -0.4 is 10.1 Å². The van der Waals surface area contributed by atoms with Gasteiger partial charge in [0, 0.05) is 16.2 Å². The van der Waals surface area contributed by atoms with Crippen LogP contribution in [0.5, 0.6) is 5.75 Å². The predicted octanol–water partition coefficient (Wildman–Crippen LogP) is 4.75. The van der Waals surface area contributed by atoms with Gasteiger partial charge in [0.1, 0.15) is 17.8 Å². The molecular weight excluding hydrogens is 448 g/mol. The molecule has 150 valence electrons. The molecule has 0 fully saturated rings. The first-order chi connectivity index (χ1) is 14.6. The van der Waals surface area contributed by atoms with E-state index in [4.69, 9.17) is 9.26 Å². The van der Waals surface area contributed by atoms with Gasteiger partial charge in [0.25, 0.3) is 0 Å². The molecule has 0 aliphatic rings.